The highest BCUT2D eigenvalue weighted by molar-refractivity contribution is 6.31. The molecule has 2 N–H and O–H groups in total. The number of aromatic amines is 1. The van der Waals surface area contributed by atoms with Gasteiger partial charge in [0.15, 0.2) is 0 Å². The van der Waals surface area contributed by atoms with Gasteiger partial charge in [0.1, 0.15) is 5.82 Å². The van der Waals surface area contributed by atoms with Gasteiger partial charge in [-0.3, -0.25) is 0 Å². The molecule has 0 aliphatic rings. The molecular weight excluding hydrogens is 262 g/mol. The van der Waals surface area contributed by atoms with Gasteiger partial charge in [-0.15, -0.1) is 0 Å². The summed E-state index contributed by atoms with van der Waals surface area (Å²) in [5, 5.41) is 4.14. The van der Waals surface area contributed by atoms with Crippen molar-refractivity contribution in [1.82, 2.24) is 15.3 Å². The monoisotopic (exact) mass is 281 g/mol. The quantitative estimate of drug-likeness (QED) is 0.767. The summed E-state index contributed by atoms with van der Waals surface area (Å²) in [6, 6.07) is 6.10. The van der Waals surface area contributed by atoms with E-state index in [1.807, 2.05) is 18.2 Å². The zero-order valence-corrected chi connectivity index (χ0v) is 12.1. The molecule has 0 radical (unpaired) electrons. The molecule has 0 amide bonds. The van der Waals surface area contributed by atoms with Gasteiger partial charge < -0.3 is 15.0 Å². The van der Waals surface area contributed by atoms with Crippen LogP contribution >= 0.6 is 11.6 Å². The van der Waals surface area contributed by atoms with Gasteiger partial charge in [-0.25, -0.2) is 4.98 Å². The number of nitrogens with zero attached hydrogens (tertiary/aromatic N) is 1. The van der Waals surface area contributed by atoms with Crippen LogP contribution in [0.2, 0.25) is 5.02 Å². The first-order valence-electron chi connectivity index (χ1n) is 6.55. The van der Waals surface area contributed by atoms with Gasteiger partial charge in [0.25, 0.3) is 0 Å². The van der Waals surface area contributed by atoms with E-state index >= 15 is 0 Å². The molecule has 0 bridgehead atoms. The van der Waals surface area contributed by atoms with Gasteiger partial charge in [0.05, 0.1) is 17.6 Å². The van der Waals surface area contributed by atoms with Gasteiger partial charge in [-0.05, 0) is 38.1 Å². The summed E-state index contributed by atoms with van der Waals surface area (Å²) in [6.07, 6.45) is 1.97. The number of halogens is 1. The van der Waals surface area contributed by atoms with Crippen molar-refractivity contribution < 1.29 is 4.74 Å². The first kappa shape index (κ1) is 14.3. The van der Waals surface area contributed by atoms with E-state index in [4.69, 9.17) is 16.3 Å². The Bertz CT molecular complexity index is 526. The Morgan fingerprint density at radius 3 is 3.11 bits per heavy atom. The smallest absolute Gasteiger partial charge is 0.107 e. The van der Waals surface area contributed by atoms with E-state index in [1.165, 1.54) is 0 Å². The first-order valence-corrected chi connectivity index (χ1v) is 6.93. The van der Waals surface area contributed by atoms with Crippen LogP contribution in [0.15, 0.2) is 18.2 Å². The van der Waals surface area contributed by atoms with Crippen molar-refractivity contribution in [3.8, 4) is 0 Å². The first-order chi connectivity index (χ1) is 9.19. The number of aromatic nitrogens is 2. The van der Waals surface area contributed by atoms with Crippen molar-refractivity contribution in [1.29, 1.82) is 0 Å². The molecule has 0 aliphatic heterocycles. The zero-order chi connectivity index (χ0) is 13.7. The lowest BCUT2D eigenvalue weighted by Gasteiger charge is -2.11. The molecule has 1 unspecified atom stereocenters. The Labute approximate surface area is 118 Å². The van der Waals surface area contributed by atoms with E-state index in [9.17, 15) is 0 Å². The molecule has 104 valence electrons. The molecule has 2 aromatic rings. The number of nitrogens with one attached hydrogen (secondary N) is 2. The van der Waals surface area contributed by atoms with E-state index in [2.05, 4.69) is 22.2 Å². The Kier molecular flexibility index (Phi) is 5.19. The van der Waals surface area contributed by atoms with Crippen molar-refractivity contribution in [2.75, 3.05) is 20.3 Å². The van der Waals surface area contributed by atoms with Crippen LogP contribution in [-0.4, -0.2) is 36.3 Å². The third-order valence-electron chi connectivity index (χ3n) is 2.99. The predicted molar refractivity (Wildman–Crippen MR) is 78.8 cm³/mol. The molecule has 2 rings (SSSR count). The van der Waals surface area contributed by atoms with Crippen LogP contribution in [0.4, 0.5) is 0 Å². The van der Waals surface area contributed by atoms with Gasteiger partial charge in [-0.2, -0.15) is 0 Å². The SMILES string of the molecule is COCC(C)NCCCc1nc2ccc(Cl)cc2[nH]1. The molecule has 1 atom stereocenters. The molecule has 0 saturated heterocycles. The van der Waals surface area contributed by atoms with Crippen LogP contribution in [-0.2, 0) is 11.2 Å². The second-order valence-electron chi connectivity index (χ2n) is 4.76. The molecule has 0 aliphatic carbocycles. The van der Waals surface area contributed by atoms with Gasteiger partial charge in [0.2, 0.25) is 0 Å². The molecule has 0 fully saturated rings. The second-order valence-corrected chi connectivity index (χ2v) is 5.20. The minimum absolute atomic E-state index is 0.388. The summed E-state index contributed by atoms with van der Waals surface area (Å²) in [6.45, 7) is 3.82. The highest BCUT2D eigenvalue weighted by Crippen LogP contribution is 2.17. The predicted octanol–water partition coefficient (Wildman–Crippen LogP) is 2.77. The van der Waals surface area contributed by atoms with Crippen LogP contribution in [0, 0.1) is 0 Å². The maximum Gasteiger partial charge on any atom is 0.107 e. The maximum absolute atomic E-state index is 5.95. The highest BCUT2D eigenvalue weighted by atomic mass is 35.5. The average molecular weight is 282 g/mol. The normalized spacial score (nSPS) is 13.0. The molecule has 0 spiro atoms. The second kappa shape index (κ2) is 6.89. The van der Waals surface area contributed by atoms with E-state index < -0.39 is 0 Å². The van der Waals surface area contributed by atoms with Crippen LogP contribution < -0.4 is 5.32 Å². The Hall–Kier alpha value is -1.10. The lowest BCUT2D eigenvalue weighted by molar-refractivity contribution is 0.172. The number of aryl methyl sites for hydroxylation is 1. The summed E-state index contributed by atoms with van der Waals surface area (Å²) in [7, 11) is 1.72. The van der Waals surface area contributed by atoms with Crippen molar-refractivity contribution in [2.45, 2.75) is 25.8 Å². The van der Waals surface area contributed by atoms with Crippen LogP contribution in [0.25, 0.3) is 11.0 Å². The van der Waals surface area contributed by atoms with Crippen LogP contribution in [0.3, 0.4) is 0 Å². The van der Waals surface area contributed by atoms with E-state index in [-0.39, 0.29) is 0 Å². The number of hydrogen-bond acceptors (Lipinski definition) is 3. The fourth-order valence-electron chi connectivity index (χ4n) is 2.07. The number of imidazole rings is 1. The molecule has 4 nitrogen and oxygen atoms in total. The fraction of sp³-hybridized carbons (Fsp3) is 0.500. The fourth-order valence-corrected chi connectivity index (χ4v) is 2.24. The average Bonchev–Trinajstić information content (AvgIpc) is 2.77. The Balaban J connectivity index is 1.81. The van der Waals surface area contributed by atoms with Crippen molar-refractivity contribution in [3.63, 3.8) is 0 Å². The topological polar surface area (TPSA) is 49.9 Å². The Morgan fingerprint density at radius 1 is 1.47 bits per heavy atom. The van der Waals surface area contributed by atoms with Crippen molar-refractivity contribution >= 4 is 22.6 Å². The standard InChI is InChI=1S/C14H20ClN3O/c1-10(9-19-2)16-7-3-4-14-17-12-6-5-11(15)8-13(12)18-14/h5-6,8,10,16H,3-4,7,9H2,1-2H3,(H,17,18). The molecular formula is C14H20ClN3O. The molecule has 1 aromatic heterocycles. The third kappa shape index (κ3) is 4.20. The maximum atomic E-state index is 5.95. The molecule has 19 heavy (non-hydrogen) atoms. The van der Waals surface area contributed by atoms with E-state index in [0.29, 0.717) is 6.04 Å². The number of benzene rings is 1. The van der Waals surface area contributed by atoms with Crippen molar-refractivity contribution in [2.24, 2.45) is 0 Å². The van der Waals surface area contributed by atoms with Crippen molar-refractivity contribution in [3.05, 3.63) is 29.0 Å². The highest BCUT2D eigenvalue weighted by Gasteiger charge is 2.04. The molecule has 5 heteroatoms. The summed E-state index contributed by atoms with van der Waals surface area (Å²) < 4.78 is 5.08. The minimum Gasteiger partial charge on any atom is -0.383 e. The van der Waals surface area contributed by atoms with Crippen LogP contribution in [0.1, 0.15) is 19.2 Å². The summed E-state index contributed by atoms with van der Waals surface area (Å²) in [4.78, 5) is 7.84. The molecule has 1 aromatic carbocycles. The minimum atomic E-state index is 0.388. The number of methoxy groups -OCH3 is 1. The van der Waals surface area contributed by atoms with E-state index in [1.54, 1.807) is 7.11 Å². The number of hydrogen-bond donors (Lipinski definition) is 2. The number of fused-ring (bicyclic) bond motifs is 1. The molecule has 0 saturated carbocycles. The third-order valence-corrected chi connectivity index (χ3v) is 3.23. The van der Waals surface area contributed by atoms with Gasteiger partial charge in [0, 0.05) is 24.6 Å². The summed E-state index contributed by atoms with van der Waals surface area (Å²) in [5.41, 5.74) is 1.98. The summed E-state index contributed by atoms with van der Waals surface area (Å²) in [5.74, 6) is 1.01. The molecule has 1 heterocycles. The lowest BCUT2D eigenvalue weighted by atomic mass is 10.2. The summed E-state index contributed by atoms with van der Waals surface area (Å²) >= 11 is 5.95. The Morgan fingerprint density at radius 2 is 2.32 bits per heavy atom. The number of H-pyrrole nitrogens is 1. The van der Waals surface area contributed by atoms with Gasteiger partial charge in [-0.1, -0.05) is 11.6 Å². The van der Waals surface area contributed by atoms with Crippen LogP contribution in [0.5, 0.6) is 0 Å². The zero-order valence-electron chi connectivity index (χ0n) is 11.4. The lowest BCUT2D eigenvalue weighted by Crippen LogP contribution is -2.31. The van der Waals surface area contributed by atoms with E-state index in [0.717, 1.165) is 47.9 Å². The number of rotatable bonds is 7. The van der Waals surface area contributed by atoms with Gasteiger partial charge >= 0.3 is 0 Å². The largest absolute Gasteiger partial charge is 0.383 e. The number of ether oxygens (including phenoxy) is 1.